The molecule has 0 aliphatic carbocycles. The summed E-state index contributed by atoms with van der Waals surface area (Å²) in [6.45, 7) is 6.91. The van der Waals surface area contributed by atoms with Crippen molar-refractivity contribution in [1.29, 1.82) is 0 Å². The average Bonchev–Trinajstić information content (AvgIpc) is 3.31. The zero-order valence-corrected chi connectivity index (χ0v) is 37.2. The Morgan fingerprint density at radius 1 is 0.279 bits per heavy atom. The highest BCUT2D eigenvalue weighted by Crippen LogP contribution is 2.45. The van der Waals surface area contributed by atoms with E-state index in [0.29, 0.717) is 0 Å². The van der Waals surface area contributed by atoms with Crippen LogP contribution < -0.4 is 47.0 Å². The van der Waals surface area contributed by atoms with Crippen LogP contribution in [-0.2, 0) is 0 Å². The predicted molar refractivity (Wildman–Crippen MR) is 270 cm³/mol. The molecule has 0 aliphatic rings. The molecule has 0 aliphatic heterocycles. The van der Waals surface area contributed by atoms with E-state index in [1.807, 2.05) is 6.07 Å². The lowest BCUT2D eigenvalue weighted by molar-refractivity contribution is 0.630. The highest BCUT2D eigenvalue weighted by Gasteiger charge is 2.26. The second kappa shape index (κ2) is 17.2. The van der Waals surface area contributed by atoms with E-state index in [1.165, 1.54) is 91.4 Å². The van der Waals surface area contributed by atoms with Crippen molar-refractivity contribution < 1.29 is 4.52 Å². The van der Waals surface area contributed by atoms with Crippen LogP contribution in [0.5, 0.6) is 5.75 Å². The Kier molecular flexibility index (Phi) is 11.1. The molecule has 0 spiro atoms. The van der Waals surface area contributed by atoms with Crippen molar-refractivity contribution in [3.05, 3.63) is 235 Å². The summed E-state index contributed by atoms with van der Waals surface area (Å²) in [5.41, 5.74) is 3.87. The first-order valence-corrected chi connectivity index (χ1v) is 24.8. The molecule has 61 heavy (non-hydrogen) atoms. The Balaban J connectivity index is 1.29. The maximum Gasteiger partial charge on any atom is 0.151 e. The Morgan fingerprint density at radius 2 is 0.541 bits per heavy atom. The molecule has 10 rings (SSSR count). The van der Waals surface area contributed by atoms with Crippen LogP contribution in [0, 0.1) is 20.8 Å². The lowest BCUT2D eigenvalue weighted by Gasteiger charge is -2.25. The third-order valence-corrected chi connectivity index (χ3v) is 18.8. The smallest absolute Gasteiger partial charge is 0.151 e. The average molecular weight is 839 g/mol. The summed E-state index contributed by atoms with van der Waals surface area (Å²) in [5.74, 6) is 0.881. The number of aryl methyl sites for hydroxylation is 3. The van der Waals surface area contributed by atoms with Gasteiger partial charge in [-0.25, -0.2) is 0 Å². The topological polar surface area (TPSA) is 9.23 Å². The van der Waals surface area contributed by atoms with Crippen molar-refractivity contribution in [3.63, 3.8) is 0 Å². The monoisotopic (exact) mass is 838 g/mol. The molecule has 294 valence electrons. The quantitative estimate of drug-likeness (QED) is 0.0985. The zero-order chi connectivity index (χ0) is 41.3. The molecular formula is C57H45OP3. The lowest BCUT2D eigenvalue weighted by Crippen LogP contribution is -2.23. The van der Waals surface area contributed by atoms with Crippen LogP contribution in [-0.4, -0.2) is 0 Å². The van der Waals surface area contributed by atoms with Gasteiger partial charge in [-0.2, -0.15) is 0 Å². The van der Waals surface area contributed by atoms with E-state index < -0.39 is 24.0 Å². The van der Waals surface area contributed by atoms with E-state index in [2.05, 4.69) is 233 Å². The fraction of sp³-hybridized carbons (Fsp3) is 0.0526. The van der Waals surface area contributed by atoms with Gasteiger partial charge in [0.2, 0.25) is 0 Å². The van der Waals surface area contributed by atoms with E-state index in [4.69, 9.17) is 4.52 Å². The Labute approximate surface area is 363 Å². The van der Waals surface area contributed by atoms with Gasteiger partial charge in [-0.15, -0.1) is 0 Å². The summed E-state index contributed by atoms with van der Waals surface area (Å²) in [4.78, 5) is 0. The molecule has 0 saturated heterocycles. The van der Waals surface area contributed by atoms with Gasteiger partial charge >= 0.3 is 0 Å². The molecule has 1 unspecified atom stereocenters. The van der Waals surface area contributed by atoms with E-state index in [1.54, 1.807) is 0 Å². The summed E-state index contributed by atoms with van der Waals surface area (Å²) in [6.07, 6.45) is 0. The second-order valence-electron chi connectivity index (χ2n) is 15.6. The minimum atomic E-state index is -1.18. The molecule has 0 aromatic heterocycles. The fourth-order valence-corrected chi connectivity index (χ4v) is 15.5. The van der Waals surface area contributed by atoms with Gasteiger partial charge < -0.3 is 4.52 Å². The maximum absolute atomic E-state index is 7.02. The van der Waals surface area contributed by atoms with Crippen LogP contribution in [0.1, 0.15) is 16.7 Å². The molecule has 0 amide bonds. The number of rotatable bonds is 10. The van der Waals surface area contributed by atoms with Crippen LogP contribution in [0.2, 0.25) is 0 Å². The molecule has 0 radical (unpaired) electrons. The zero-order valence-electron chi connectivity index (χ0n) is 34.5. The van der Waals surface area contributed by atoms with E-state index in [-0.39, 0.29) is 0 Å². The normalized spacial score (nSPS) is 12.1. The number of benzene rings is 10. The van der Waals surface area contributed by atoms with Crippen LogP contribution >= 0.6 is 24.0 Å². The number of hydrogen-bond acceptors (Lipinski definition) is 1. The molecular weight excluding hydrogens is 794 g/mol. The highest BCUT2D eigenvalue weighted by molar-refractivity contribution is 7.80. The Bertz CT molecular complexity index is 2920. The van der Waals surface area contributed by atoms with Crippen molar-refractivity contribution in [3.8, 4) is 5.75 Å². The maximum atomic E-state index is 7.02. The number of fused-ring (bicyclic) bond motifs is 6. The number of hydrogen-bond donors (Lipinski definition) is 0. The molecule has 0 N–H and O–H groups in total. The van der Waals surface area contributed by atoms with Crippen molar-refractivity contribution in [2.45, 2.75) is 20.8 Å². The van der Waals surface area contributed by atoms with E-state index in [9.17, 15) is 0 Å². The number of para-hydroxylation sites is 1. The van der Waals surface area contributed by atoms with Crippen molar-refractivity contribution in [2.75, 3.05) is 0 Å². The van der Waals surface area contributed by atoms with Gasteiger partial charge in [0, 0.05) is 10.6 Å². The SMILES string of the molecule is Cc1cc2c(cc1P(Oc1ccccc1)c1ccccc1)c1cc(C)c(P(c3ccccc3)c3ccccc3)cc1c1cc(C)c(P(c3ccccc3)c3ccccc3)cc21. The minimum absolute atomic E-state index is 0.817. The first-order valence-electron chi connectivity index (χ1n) is 20.9. The summed E-state index contributed by atoms with van der Waals surface area (Å²) in [5, 5.41) is 18.4. The molecule has 0 fully saturated rings. The standard InChI is InChI=1S/C57H45OP3/c1-40-34-49-52-37-55(59(44-24-12-5-13-25-44)45-26-14-6-15-27-45)41(2)35-50(52)54-39-57(61(48-32-20-9-21-33-48)58-43-22-10-4-11-23-43)42(3)36-51(54)53(49)38-56(40)60(46-28-16-7-17-29-46)47-30-18-8-19-31-47/h4-39H,1-3H3. The molecule has 0 bridgehead atoms. The van der Waals surface area contributed by atoms with Gasteiger partial charge in [-0.05, 0) is 148 Å². The summed E-state index contributed by atoms with van der Waals surface area (Å²) < 4.78 is 7.02. The molecule has 10 aromatic rings. The van der Waals surface area contributed by atoms with Crippen molar-refractivity contribution >= 4 is 98.7 Å². The first kappa shape index (κ1) is 39.2. The van der Waals surface area contributed by atoms with Gasteiger partial charge in [-0.1, -0.05) is 188 Å². The summed E-state index contributed by atoms with van der Waals surface area (Å²) in [7, 11) is -2.82. The van der Waals surface area contributed by atoms with Gasteiger partial charge in [0.1, 0.15) is 5.75 Å². The lowest BCUT2D eigenvalue weighted by atomic mass is 9.91. The molecule has 0 saturated carbocycles. The van der Waals surface area contributed by atoms with Gasteiger partial charge in [0.15, 0.2) is 8.15 Å². The molecule has 10 aromatic carbocycles. The van der Waals surface area contributed by atoms with Gasteiger partial charge in [0.25, 0.3) is 0 Å². The Morgan fingerprint density at radius 3 is 0.885 bits per heavy atom. The minimum Gasteiger partial charge on any atom is -0.464 e. The highest BCUT2D eigenvalue weighted by atomic mass is 31.1. The second-order valence-corrected chi connectivity index (χ2v) is 21.7. The van der Waals surface area contributed by atoms with E-state index >= 15 is 0 Å². The van der Waals surface area contributed by atoms with Crippen LogP contribution in [0.25, 0.3) is 32.3 Å². The van der Waals surface area contributed by atoms with Crippen molar-refractivity contribution in [1.82, 2.24) is 0 Å². The molecule has 0 heterocycles. The fourth-order valence-electron chi connectivity index (χ4n) is 8.68. The largest absolute Gasteiger partial charge is 0.464 e. The molecule has 1 atom stereocenters. The van der Waals surface area contributed by atoms with Gasteiger partial charge in [0.05, 0.1) is 0 Å². The summed E-state index contributed by atoms with van der Waals surface area (Å²) in [6, 6.07) is 80.5. The third kappa shape index (κ3) is 7.69. The van der Waals surface area contributed by atoms with E-state index in [0.717, 1.165) is 5.75 Å². The summed E-state index contributed by atoms with van der Waals surface area (Å²) >= 11 is 0. The van der Waals surface area contributed by atoms with Crippen LogP contribution in [0.4, 0.5) is 0 Å². The predicted octanol–water partition coefficient (Wildman–Crippen LogP) is 12.0. The Hall–Kier alpha value is -5.93. The van der Waals surface area contributed by atoms with Crippen LogP contribution in [0.15, 0.2) is 218 Å². The molecule has 4 heteroatoms. The van der Waals surface area contributed by atoms with Gasteiger partial charge in [-0.3, -0.25) is 0 Å². The first-order chi connectivity index (χ1) is 30.0. The van der Waals surface area contributed by atoms with Crippen molar-refractivity contribution in [2.24, 2.45) is 0 Å². The molecule has 1 nitrogen and oxygen atoms in total. The third-order valence-electron chi connectivity index (χ3n) is 11.6. The van der Waals surface area contributed by atoms with Crippen LogP contribution in [0.3, 0.4) is 0 Å².